The average molecular weight is 576 g/mol. The van der Waals surface area contributed by atoms with Crippen molar-refractivity contribution in [2.24, 2.45) is 0 Å². The predicted octanol–water partition coefficient (Wildman–Crippen LogP) is 10.0. The molecule has 5 aromatic carbocycles. The summed E-state index contributed by atoms with van der Waals surface area (Å²) in [5.41, 5.74) is 7.17. The van der Waals surface area contributed by atoms with Crippen molar-refractivity contribution < 1.29 is 18.6 Å². The molecule has 1 unspecified atom stereocenters. The van der Waals surface area contributed by atoms with Gasteiger partial charge in [0.05, 0.1) is 25.2 Å². The maximum Gasteiger partial charge on any atom is 0.361 e. The van der Waals surface area contributed by atoms with Gasteiger partial charge in [-0.25, -0.2) is 4.42 Å². The molecule has 1 atom stereocenters. The van der Waals surface area contributed by atoms with Crippen LogP contribution in [-0.2, 0) is 0 Å². The molecule has 0 aliphatic carbocycles. The highest BCUT2D eigenvalue weighted by molar-refractivity contribution is 5.91. The molecule has 0 saturated carbocycles. The Balaban J connectivity index is 1.51. The summed E-state index contributed by atoms with van der Waals surface area (Å²) >= 11 is 0. The number of para-hydroxylation sites is 1. The molecule has 0 fully saturated rings. The third-order valence-electron chi connectivity index (χ3n) is 8.00. The third kappa shape index (κ3) is 5.23. The van der Waals surface area contributed by atoms with Crippen molar-refractivity contribution in [2.45, 2.75) is 5.92 Å². The third-order valence-corrected chi connectivity index (χ3v) is 8.00. The smallest absolute Gasteiger partial charge is 0.361 e. The molecule has 4 nitrogen and oxygen atoms in total. The number of allylic oxidation sites excluding steroid dienone is 2. The molecule has 1 aliphatic heterocycles. The van der Waals surface area contributed by atoms with E-state index in [1.165, 1.54) is 0 Å². The normalized spacial score (nSPS) is 14.4. The van der Waals surface area contributed by atoms with Crippen LogP contribution in [0.3, 0.4) is 0 Å². The molecule has 0 radical (unpaired) electrons. The number of rotatable bonds is 7. The predicted molar refractivity (Wildman–Crippen MR) is 177 cm³/mol. The quantitative estimate of drug-likeness (QED) is 0.178. The van der Waals surface area contributed by atoms with Crippen LogP contribution in [0.25, 0.3) is 33.9 Å². The second kappa shape index (κ2) is 11.9. The molecule has 214 valence electrons. The molecular formula is C40H31O4+. The molecule has 2 heterocycles. The average Bonchev–Trinajstić information content (AvgIpc) is 3.10. The summed E-state index contributed by atoms with van der Waals surface area (Å²) in [5.74, 6) is 3.78. The van der Waals surface area contributed by atoms with Gasteiger partial charge < -0.3 is 14.2 Å². The summed E-state index contributed by atoms with van der Waals surface area (Å²) in [7, 11) is 3.37. The number of benzene rings is 5. The van der Waals surface area contributed by atoms with E-state index in [9.17, 15) is 0 Å². The van der Waals surface area contributed by atoms with Crippen molar-refractivity contribution in [3.05, 3.63) is 168 Å². The molecule has 1 aliphatic rings. The number of methoxy groups -OCH3 is 2. The van der Waals surface area contributed by atoms with Gasteiger partial charge in [-0.15, -0.1) is 0 Å². The lowest BCUT2D eigenvalue weighted by Crippen LogP contribution is -2.16. The molecule has 4 heteroatoms. The summed E-state index contributed by atoms with van der Waals surface area (Å²) < 4.78 is 24.3. The van der Waals surface area contributed by atoms with E-state index in [1.807, 2.05) is 72.8 Å². The SMILES string of the molecule is COc1ccc(C=CC2=C(c3ccccc3)C(c3cc(-c4ccccc4)[o+]c4ccccc34)c3cc(OC)ccc3O2)cc1. The highest BCUT2D eigenvalue weighted by atomic mass is 16.5. The van der Waals surface area contributed by atoms with Gasteiger partial charge in [0.1, 0.15) is 23.0 Å². The van der Waals surface area contributed by atoms with Crippen LogP contribution < -0.4 is 14.2 Å². The molecule has 0 amide bonds. The number of hydrogen-bond donors (Lipinski definition) is 0. The summed E-state index contributed by atoms with van der Waals surface area (Å²) in [6, 6.07) is 45.2. The van der Waals surface area contributed by atoms with Gasteiger partial charge in [0.15, 0.2) is 0 Å². The van der Waals surface area contributed by atoms with E-state index in [-0.39, 0.29) is 5.92 Å². The fraction of sp³-hybridized carbons (Fsp3) is 0.0750. The monoisotopic (exact) mass is 575 g/mol. The summed E-state index contributed by atoms with van der Waals surface area (Å²) in [6.07, 6.45) is 4.15. The van der Waals surface area contributed by atoms with E-state index in [2.05, 4.69) is 72.8 Å². The Morgan fingerprint density at radius 2 is 1.27 bits per heavy atom. The van der Waals surface area contributed by atoms with Gasteiger partial charge in [0.25, 0.3) is 0 Å². The zero-order valence-electron chi connectivity index (χ0n) is 24.6. The minimum Gasteiger partial charge on any atom is -0.497 e. The van der Waals surface area contributed by atoms with Gasteiger partial charge >= 0.3 is 11.3 Å². The van der Waals surface area contributed by atoms with Gasteiger partial charge in [0, 0.05) is 29.2 Å². The van der Waals surface area contributed by atoms with Crippen LogP contribution in [0, 0.1) is 0 Å². The fourth-order valence-corrected chi connectivity index (χ4v) is 5.85. The van der Waals surface area contributed by atoms with Gasteiger partial charge in [-0.05, 0) is 71.3 Å². The molecule has 1 aromatic heterocycles. The van der Waals surface area contributed by atoms with Crippen molar-refractivity contribution in [3.8, 4) is 28.6 Å². The first kappa shape index (κ1) is 27.2. The number of fused-ring (bicyclic) bond motifs is 2. The van der Waals surface area contributed by atoms with E-state index >= 15 is 0 Å². The van der Waals surface area contributed by atoms with E-state index < -0.39 is 0 Å². The lowest BCUT2D eigenvalue weighted by atomic mass is 9.77. The molecule has 0 spiro atoms. The van der Waals surface area contributed by atoms with Gasteiger partial charge in [-0.2, -0.15) is 0 Å². The standard InChI is InChI=1S/C40H31O4/c1-41-30-20-17-27(18-21-30)19-23-37-39(29-13-7-4-8-14-29)40(34-25-31(42-2)22-24-36(34)43-37)33-26-38(28-11-5-3-6-12-28)44-35-16-10-9-15-32(33)35/h3-26,40H,1-2H3/q+1. The second-order valence-corrected chi connectivity index (χ2v) is 10.6. The van der Waals surface area contributed by atoms with Crippen molar-refractivity contribution in [2.75, 3.05) is 14.2 Å². The van der Waals surface area contributed by atoms with Crippen LogP contribution in [-0.4, -0.2) is 14.2 Å². The number of hydrogen-bond acceptors (Lipinski definition) is 3. The van der Waals surface area contributed by atoms with Crippen LogP contribution in [0.2, 0.25) is 0 Å². The molecule has 0 bridgehead atoms. The Morgan fingerprint density at radius 1 is 0.614 bits per heavy atom. The minimum atomic E-state index is -0.185. The van der Waals surface area contributed by atoms with Gasteiger partial charge in [-0.3, -0.25) is 0 Å². The van der Waals surface area contributed by atoms with Crippen LogP contribution in [0.5, 0.6) is 17.2 Å². The first-order valence-electron chi connectivity index (χ1n) is 14.6. The maximum absolute atomic E-state index is 6.73. The zero-order chi connectivity index (χ0) is 29.9. The Labute approximate surface area is 257 Å². The van der Waals surface area contributed by atoms with Crippen molar-refractivity contribution in [3.63, 3.8) is 0 Å². The highest BCUT2D eigenvalue weighted by Gasteiger charge is 2.35. The van der Waals surface area contributed by atoms with E-state index in [0.29, 0.717) is 0 Å². The van der Waals surface area contributed by atoms with Crippen LogP contribution in [0.4, 0.5) is 0 Å². The lowest BCUT2D eigenvalue weighted by molar-refractivity contribution is 0.405. The molecule has 0 N–H and O–H groups in total. The molecular weight excluding hydrogens is 544 g/mol. The topological polar surface area (TPSA) is 39.0 Å². The largest absolute Gasteiger partial charge is 0.497 e. The highest BCUT2D eigenvalue weighted by Crippen LogP contribution is 2.51. The summed E-state index contributed by atoms with van der Waals surface area (Å²) in [6.45, 7) is 0. The van der Waals surface area contributed by atoms with Crippen LogP contribution >= 0.6 is 0 Å². The first-order valence-corrected chi connectivity index (χ1v) is 14.6. The summed E-state index contributed by atoms with van der Waals surface area (Å²) in [5, 5.41) is 1.04. The van der Waals surface area contributed by atoms with Crippen LogP contribution in [0.1, 0.15) is 28.2 Å². The Bertz CT molecular complexity index is 1990. The molecule has 6 aromatic rings. The van der Waals surface area contributed by atoms with Crippen LogP contribution in [0.15, 0.2) is 150 Å². The molecule has 7 rings (SSSR count). The van der Waals surface area contributed by atoms with E-state index in [0.717, 1.165) is 73.1 Å². The van der Waals surface area contributed by atoms with Gasteiger partial charge in [-0.1, -0.05) is 78.9 Å². The fourth-order valence-electron chi connectivity index (χ4n) is 5.85. The Kier molecular flexibility index (Phi) is 7.39. The minimum absolute atomic E-state index is 0.185. The number of ether oxygens (including phenoxy) is 3. The Hall–Kier alpha value is -5.61. The first-order chi connectivity index (χ1) is 21.7. The van der Waals surface area contributed by atoms with Crippen molar-refractivity contribution in [1.82, 2.24) is 0 Å². The lowest BCUT2D eigenvalue weighted by Gasteiger charge is -2.31. The second-order valence-electron chi connectivity index (χ2n) is 10.6. The van der Waals surface area contributed by atoms with Crippen molar-refractivity contribution >= 4 is 22.6 Å². The van der Waals surface area contributed by atoms with E-state index in [4.69, 9.17) is 18.6 Å². The molecule has 44 heavy (non-hydrogen) atoms. The summed E-state index contributed by atoms with van der Waals surface area (Å²) in [4.78, 5) is 0. The van der Waals surface area contributed by atoms with E-state index in [1.54, 1.807) is 14.2 Å². The zero-order valence-corrected chi connectivity index (χ0v) is 24.6. The molecule has 0 saturated heterocycles. The Morgan fingerprint density at radius 3 is 2.00 bits per heavy atom. The maximum atomic E-state index is 6.73. The van der Waals surface area contributed by atoms with Gasteiger partial charge in [0.2, 0.25) is 0 Å². The van der Waals surface area contributed by atoms with Crippen molar-refractivity contribution in [1.29, 1.82) is 0 Å².